The van der Waals surface area contributed by atoms with E-state index in [1.54, 1.807) is 0 Å². The summed E-state index contributed by atoms with van der Waals surface area (Å²) in [6.45, 7) is 3.12. The molecule has 0 bridgehead atoms. The average molecular weight is 169 g/mol. The molecular weight excluding hydrogens is 154 g/mol. The Hall–Kier alpha value is -0.333. The van der Waals surface area contributed by atoms with Gasteiger partial charge in [-0.05, 0) is 19.3 Å². The summed E-state index contributed by atoms with van der Waals surface area (Å²) in [6, 6.07) is 2.24. The van der Waals surface area contributed by atoms with Crippen molar-refractivity contribution in [1.82, 2.24) is 0 Å². The molecule has 1 heterocycles. The van der Waals surface area contributed by atoms with Crippen LogP contribution in [-0.4, -0.2) is 21.4 Å². The smallest absolute Gasteiger partial charge is 0.0648 e. The summed E-state index contributed by atoms with van der Waals surface area (Å²) in [6.07, 6.45) is 4.18. The van der Waals surface area contributed by atoms with E-state index in [0.717, 1.165) is 13.0 Å². The summed E-state index contributed by atoms with van der Waals surface area (Å²) >= 11 is 0. The third-order valence-electron chi connectivity index (χ3n) is 2.48. The van der Waals surface area contributed by atoms with E-state index in [0.29, 0.717) is 6.42 Å². The van der Waals surface area contributed by atoms with Gasteiger partial charge < -0.3 is 4.74 Å². The molecule has 1 fully saturated rings. The Morgan fingerprint density at radius 1 is 1.64 bits per heavy atom. The van der Waals surface area contributed by atoms with Crippen LogP contribution >= 0.6 is 0 Å². The Kier molecular flexibility index (Phi) is 3.10. The Morgan fingerprint density at radius 3 is 2.91 bits per heavy atom. The first kappa shape index (κ1) is 8.76. The molecule has 1 saturated heterocycles. The van der Waals surface area contributed by atoms with Crippen LogP contribution in [-0.2, 0) is 4.74 Å². The third-order valence-corrected chi connectivity index (χ3v) is 4.58. The Balaban J connectivity index is 2.51. The van der Waals surface area contributed by atoms with Crippen LogP contribution in [0.25, 0.3) is 0 Å². The Bertz CT molecular complexity index is 158. The fraction of sp³-hybridized carbons (Fsp3) is 0.875. The highest BCUT2D eigenvalue weighted by Crippen LogP contribution is 2.26. The lowest BCUT2D eigenvalue weighted by atomic mass is 10.1. The molecule has 0 saturated carbocycles. The van der Waals surface area contributed by atoms with Gasteiger partial charge in [0, 0.05) is 6.61 Å². The van der Waals surface area contributed by atoms with E-state index in [2.05, 4.69) is 12.6 Å². The van der Waals surface area contributed by atoms with Crippen molar-refractivity contribution in [2.24, 2.45) is 0 Å². The topological polar surface area (TPSA) is 33.0 Å². The van der Waals surface area contributed by atoms with Crippen molar-refractivity contribution < 1.29 is 4.74 Å². The van der Waals surface area contributed by atoms with Crippen LogP contribution in [0.5, 0.6) is 0 Å². The molecule has 11 heavy (non-hydrogen) atoms. The van der Waals surface area contributed by atoms with Gasteiger partial charge in [0.15, 0.2) is 0 Å². The van der Waals surface area contributed by atoms with Crippen LogP contribution in [0.4, 0.5) is 0 Å². The molecule has 62 valence electrons. The number of hydrogen-bond acceptors (Lipinski definition) is 2. The fourth-order valence-corrected chi connectivity index (χ4v) is 2.91. The minimum Gasteiger partial charge on any atom is -0.378 e. The van der Waals surface area contributed by atoms with Gasteiger partial charge in [-0.25, -0.2) is 0 Å². The van der Waals surface area contributed by atoms with E-state index in [1.165, 1.54) is 12.8 Å². The summed E-state index contributed by atoms with van der Waals surface area (Å²) in [4.78, 5) is 0. The maximum absolute atomic E-state index is 8.61. The van der Waals surface area contributed by atoms with Gasteiger partial charge >= 0.3 is 0 Å². The van der Waals surface area contributed by atoms with E-state index in [1.807, 2.05) is 0 Å². The molecule has 1 unspecified atom stereocenters. The summed E-state index contributed by atoms with van der Waals surface area (Å²) in [5.41, 5.74) is 0. The number of nitriles is 1. The predicted octanol–water partition coefficient (Wildman–Crippen LogP) is 1.01. The van der Waals surface area contributed by atoms with Crippen molar-refractivity contribution in [2.75, 3.05) is 6.61 Å². The average Bonchev–Trinajstić information content (AvgIpc) is 2.07. The first-order chi connectivity index (χ1) is 5.33. The third kappa shape index (κ3) is 2.05. The summed E-state index contributed by atoms with van der Waals surface area (Å²) in [5.74, 6) is 0. The van der Waals surface area contributed by atoms with Crippen LogP contribution in [0, 0.1) is 11.3 Å². The lowest BCUT2D eigenvalue weighted by molar-refractivity contribution is -0.0164. The number of hydrogen-bond donors (Lipinski definition) is 0. The lowest BCUT2D eigenvalue weighted by Crippen LogP contribution is -2.40. The molecule has 0 spiro atoms. The molecular formula is C8H15NOSi. The van der Waals surface area contributed by atoms with Gasteiger partial charge in [0.25, 0.3) is 0 Å². The van der Waals surface area contributed by atoms with E-state index in [-0.39, 0.29) is 14.7 Å². The highest BCUT2D eigenvalue weighted by Gasteiger charge is 2.30. The largest absolute Gasteiger partial charge is 0.378 e. The first-order valence-electron chi connectivity index (χ1n) is 4.34. The van der Waals surface area contributed by atoms with Gasteiger partial charge in [0.05, 0.1) is 27.2 Å². The van der Waals surface area contributed by atoms with Gasteiger partial charge in [-0.1, -0.05) is 6.55 Å². The quantitative estimate of drug-likeness (QED) is 0.578. The molecule has 0 amide bonds. The molecule has 2 nitrogen and oxygen atoms in total. The molecule has 1 rings (SSSR count). The molecule has 1 aliphatic rings. The van der Waals surface area contributed by atoms with Crippen molar-refractivity contribution in [3.8, 4) is 6.07 Å². The van der Waals surface area contributed by atoms with Crippen molar-refractivity contribution >= 4 is 9.52 Å². The van der Waals surface area contributed by atoms with Gasteiger partial charge in [-0.15, -0.1) is 0 Å². The molecule has 0 aromatic carbocycles. The second kappa shape index (κ2) is 3.89. The van der Waals surface area contributed by atoms with Crippen molar-refractivity contribution in [1.29, 1.82) is 5.26 Å². The second-order valence-electron chi connectivity index (χ2n) is 3.18. The Morgan fingerprint density at radius 2 is 2.45 bits per heavy atom. The molecule has 0 radical (unpaired) electrons. The maximum atomic E-state index is 8.61. The van der Waals surface area contributed by atoms with Gasteiger partial charge in [-0.3, -0.25) is 0 Å². The molecule has 1 atom stereocenters. The number of nitrogens with zero attached hydrogens (tertiary/aromatic N) is 1. The molecule has 0 aromatic heterocycles. The zero-order chi connectivity index (χ0) is 8.16. The molecule has 0 N–H and O–H groups in total. The number of rotatable bonds is 2. The van der Waals surface area contributed by atoms with Gasteiger partial charge in [0.2, 0.25) is 0 Å². The van der Waals surface area contributed by atoms with E-state index < -0.39 is 0 Å². The van der Waals surface area contributed by atoms with E-state index in [4.69, 9.17) is 10.00 Å². The summed E-state index contributed by atoms with van der Waals surface area (Å²) < 4.78 is 5.69. The van der Waals surface area contributed by atoms with Gasteiger partial charge in [0.1, 0.15) is 0 Å². The standard InChI is InChI=1S/C8H15NOSi/c1-11-8(5-6-9)4-2-3-7-10-8/h2-5,7,11H2,1H3. The minimum absolute atomic E-state index is 0.0486. The lowest BCUT2D eigenvalue weighted by Gasteiger charge is -2.34. The predicted molar refractivity (Wildman–Crippen MR) is 47.2 cm³/mol. The van der Waals surface area contributed by atoms with Crippen molar-refractivity contribution in [2.45, 2.75) is 37.5 Å². The number of ether oxygens (including phenoxy) is 1. The van der Waals surface area contributed by atoms with E-state index in [9.17, 15) is 0 Å². The van der Waals surface area contributed by atoms with Crippen LogP contribution in [0.1, 0.15) is 25.7 Å². The highest BCUT2D eigenvalue weighted by molar-refractivity contribution is 6.37. The normalized spacial score (nSPS) is 32.4. The molecule has 3 heteroatoms. The SMILES string of the molecule is C[SiH2]C1(CC#N)CCCCO1. The molecule has 0 aliphatic carbocycles. The molecule has 1 aliphatic heterocycles. The van der Waals surface area contributed by atoms with Gasteiger partial charge in [-0.2, -0.15) is 5.26 Å². The van der Waals surface area contributed by atoms with Crippen molar-refractivity contribution in [3.63, 3.8) is 0 Å². The second-order valence-corrected chi connectivity index (χ2v) is 5.17. The Labute approximate surface area is 70.4 Å². The summed E-state index contributed by atoms with van der Waals surface area (Å²) in [5, 5.41) is 8.66. The van der Waals surface area contributed by atoms with Crippen LogP contribution in [0.2, 0.25) is 6.55 Å². The zero-order valence-corrected chi connectivity index (χ0v) is 8.51. The van der Waals surface area contributed by atoms with Crippen LogP contribution < -0.4 is 0 Å². The van der Waals surface area contributed by atoms with E-state index >= 15 is 0 Å². The van der Waals surface area contributed by atoms with Crippen molar-refractivity contribution in [3.05, 3.63) is 0 Å². The molecule has 0 aromatic rings. The maximum Gasteiger partial charge on any atom is 0.0648 e. The highest BCUT2D eigenvalue weighted by atomic mass is 28.2. The monoisotopic (exact) mass is 169 g/mol. The first-order valence-corrected chi connectivity index (χ1v) is 6.46. The fourth-order valence-electron chi connectivity index (χ4n) is 1.60. The van der Waals surface area contributed by atoms with Crippen LogP contribution in [0.3, 0.4) is 0 Å². The summed E-state index contributed by atoms with van der Waals surface area (Å²) in [7, 11) is -0.194. The minimum atomic E-state index is -0.194. The van der Waals surface area contributed by atoms with Crippen LogP contribution in [0.15, 0.2) is 0 Å². The zero-order valence-electron chi connectivity index (χ0n) is 7.10.